The van der Waals surface area contributed by atoms with Gasteiger partial charge in [-0.1, -0.05) is 42.5 Å². The Balaban J connectivity index is 1.48. The quantitative estimate of drug-likeness (QED) is 0.390. The minimum Gasteiger partial charge on any atom is -0.378 e. The number of nitriles is 1. The van der Waals surface area contributed by atoms with Gasteiger partial charge in [-0.15, -0.1) is 0 Å². The number of ether oxygens (including phenoxy) is 1. The fraction of sp³-hybridized carbons (Fsp3) is 0.167. The molecule has 2 aromatic carbocycles. The van der Waals surface area contributed by atoms with Crippen LogP contribution in [0.5, 0.6) is 0 Å². The Bertz CT molecular complexity index is 1280. The van der Waals surface area contributed by atoms with Gasteiger partial charge >= 0.3 is 0 Å². The van der Waals surface area contributed by atoms with Crippen molar-refractivity contribution in [2.75, 3.05) is 36.6 Å². The molecule has 4 aromatic rings. The van der Waals surface area contributed by atoms with Crippen LogP contribution in [-0.2, 0) is 4.74 Å². The van der Waals surface area contributed by atoms with Gasteiger partial charge in [0.2, 0.25) is 0 Å². The minimum absolute atomic E-state index is 0.618. The van der Waals surface area contributed by atoms with E-state index in [4.69, 9.17) is 20.1 Å². The lowest BCUT2D eigenvalue weighted by molar-refractivity contribution is 0.122. The third-order valence-corrected chi connectivity index (χ3v) is 5.25. The number of rotatable bonds is 5. The second-order valence-corrected chi connectivity index (χ2v) is 7.37. The molecular formula is C24H21N7O. The van der Waals surface area contributed by atoms with E-state index in [1.165, 1.54) is 0 Å². The minimum atomic E-state index is 0.618. The summed E-state index contributed by atoms with van der Waals surface area (Å²) in [4.78, 5) is 6.96. The zero-order valence-electron chi connectivity index (χ0n) is 17.3. The Labute approximate surface area is 185 Å². The number of benzene rings is 2. The topological polar surface area (TPSA) is 90.8 Å². The van der Waals surface area contributed by atoms with Crippen molar-refractivity contribution in [3.05, 3.63) is 77.9 Å². The van der Waals surface area contributed by atoms with E-state index in [-0.39, 0.29) is 0 Å². The Kier molecular flexibility index (Phi) is 5.47. The molecule has 5 rings (SSSR count). The summed E-state index contributed by atoms with van der Waals surface area (Å²) in [6.07, 6.45) is 1.70. The van der Waals surface area contributed by atoms with Gasteiger partial charge < -0.3 is 9.64 Å². The first kappa shape index (κ1) is 19.7. The molecule has 0 spiro atoms. The molecule has 1 aliphatic heterocycles. The Hall–Kier alpha value is -4.22. The van der Waals surface area contributed by atoms with Crippen LogP contribution in [0.2, 0.25) is 0 Å². The van der Waals surface area contributed by atoms with Crippen molar-refractivity contribution in [2.24, 2.45) is 5.10 Å². The third-order valence-electron chi connectivity index (χ3n) is 5.25. The van der Waals surface area contributed by atoms with E-state index < -0.39 is 0 Å². The number of nitrogens with zero attached hydrogens (tertiary/aromatic N) is 6. The number of hydrazone groups is 1. The summed E-state index contributed by atoms with van der Waals surface area (Å²) in [6.45, 7) is 2.92. The summed E-state index contributed by atoms with van der Waals surface area (Å²) < 4.78 is 7.40. The van der Waals surface area contributed by atoms with E-state index in [1.54, 1.807) is 18.3 Å². The van der Waals surface area contributed by atoms with Crippen LogP contribution in [0.4, 0.5) is 11.6 Å². The summed E-state index contributed by atoms with van der Waals surface area (Å²) in [5.41, 5.74) is 7.19. The zero-order chi connectivity index (χ0) is 21.8. The van der Waals surface area contributed by atoms with Gasteiger partial charge in [0.1, 0.15) is 5.82 Å². The van der Waals surface area contributed by atoms with Gasteiger partial charge in [-0.3, -0.25) is 5.43 Å². The molecule has 0 saturated carbocycles. The highest BCUT2D eigenvalue weighted by molar-refractivity contribution is 5.80. The number of morpholine rings is 1. The van der Waals surface area contributed by atoms with Crippen molar-refractivity contribution in [1.82, 2.24) is 14.6 Å². The molecule has 32 heavy (non-hydrogen) atoms. The van der Waals surface area contributed by atoms with Crippen molar-refractivity contribution in [3.8, 4) is 17.3 Å². The molecule has 1 saturated heterocycles. The van der Waals surface area contributed by atoms with Crippen molar-refractivity contribution in [2.45, 2.75) is 0 Å². The lowest BCUT2D eigenvalue weighted by Crippen LogP contribution is -2.37. The fourth-order valence-corrected chi connectivity index (χ4v) is 3.60. The number of anilines is 2. The van der Waals surface area contributed by atoms with E-state index in [2.05, 4.69) is 21.5 Å². The second kappa shape index (κ2) is 8.88. The molecule has 0 atom stereocenters. The molecule has 3 heterocycles. The van der Waals surface area contributed by atoms with Gasteiger partial charge in [-0.2, -0.15) is 20.0 Å². The smallest absolute Gasteiger partial charge is 0.160 e. The van der Waals surface area contributed by atoms with Crippen LogP contribution in [0.3, 0.4) is 0 Å². The van der Waals surface area contributed by atoms with E-state index in [0.29, 0.717) is 24.6 Å². The average molecular weight is 423 g/mol. The first-order valence-electron chi connectivity index (χ1n) is 10.4. The van der Waals surface area contributed by atoms with Gasteiger partial charge in [0.25, 0.3) is 0 Å². The summed E-state index contributed by atoms with van der Waals surface area (Å²) in [7, 11) is 0. The van der Waals surface area contributed by atoms with E-state index >= 15 is 0 Å². The SMILES string of the molecule is N#Cc1ccc(/C=N/Nc2cc(N3CCOCC3)n3nc(-c4ccccc4)cc3n2)cc1. The number of fused-ring (bicyclic) bond motifs is 1. The lowest BCUT2D eigenvalue weighted by atomic mass is 10.2. The summed E-state index contributed by atoms with van der Waals surface area (Å²) in [5.74, 6) is 1.57. The molecule has 8 heteroatoms. The molecule has 158 valence electrons. The summed E-state index contributed by atoms with van der Waals surface area (Å²) in [6, 6.07) is 23.3. The van der Waals surface area contributed by atoms with Gasteiger partial charge in [0.05, 0.1) is 36.8 Å². The van der Waals surface area contributed by atoms with Crippen LogP contribution >= 0.6 is 0 Å². The first-order valence-corrected chi connectivity index (χ1v) is 10.4. The van der Waals surface area contributed by atoms with Crippen LogP contribution in [0, 0.1) is 11.3 Å². The Morgan fingerprint density at radius 2 is 1.81 bits per heavy atom. The van der Waals surface area contributed by atoms with Crippen LogP contribution in [0.1, 0.15) is 11.1 Å². The number of nitrogens with one attached hydrogen (secondary N) is 1. The summed E-state index contributed by atoms with van der Waals surface area (Å²) >= 11 is 0. The van der Waals surface area contributed by atoms with Gasteiger partial charge in [-0.05, 0) is 17.7 Å². The number of hydrogen-bond acceptors (Lipinski definition) is 7. The third kappa shape index (κ3) is 4.15. The van der Waals surface area contributed by atoms with E-state index in [0.717, 1.165) is 41.4 Å². The molecule has 1 N–H and O–H groups in total. The number of aromatic nitrogens is 3. The van der Waals surface area contributed by atoms with Crippen molar-refractivity contribution in [1.29, 1.82) is 5.26 Å². The molecular weight excluding hydrogens is 402 g/mol. The van der Waals surface area contributed by atoms with E-state index in [1.807, 2.05) is 59.1 Å². The largest absolute Gasteiger partial charge is 0.378 e. The Morgan fingerprint density at radius 1 is 1.03 bits per heavy atom. The molecule has 0 unspecified atom stereocenters. The molecule has 2 aromatic heterocycles. The predicted octanol–water partition coefficient (Wildman–Crippen LogP) is 3.55. The monoisotopic (exact) mass is 423 g/mol. The molecule has 1 fully saturated rings. The molecule has 0 aliphatic carbocycles. The van der Waals surface area contributed by atoms with Crippen LogP contribution in [0.15, 0.2) is 71.8 Å². The van der Waals surface area contributed by atoms with Crippen molar-refractivity contribution < 1.29 is 4.74 Å². The zero-order valence-corrected chi connectivity index (χ0v) is 17.3. The Morgan fingerprint density at radius 3 is 2.56 bits per heavy atom. The average Bonchev–Trinajstić information content (AvgIpc) is 3.29. The van der Waals surface area contributed by atoms with Gasteiger partial charge in [0.15, 0.2) is 11.5 Å². The van der Waals surface area contributed by atoms with E-state index in [9.17, 15) is 0 Å². The maximum atomic E-state index is 8.92. The standard InChI is InChI=1S/C24H21N7O/c25-16-18-6-8-19(9-7-18)17-26-28-22-15-24(30-10-12-32-13-11-30)31-23(27-22)14-21(29-31)20-4-2-1-3-5-20/h1-9,14-15,17H,10-13H2,(H,27,28)/b26-17+. The highest BCUT2D eigenvalue weighted by atomic mass is 16.5. The molecule has 0 amide bonds. The van der Waals surface area contributed by atoms with Crippen molar-refractivity contribution in [3.63, 3.8) is 0 Å². The lowest BCUT2D eigenvalue weighted by Gasteiger charge is -2.29. The first-order chi connectivity index (χ1) is 15.8. The maximum Gasteiger partial charge on any atom is 0.160 e. The predicted molar refractivity (Wildman–Crippen MR) is 124 cm³/mol. The normalized spacial score (nSPS) is 14.0. The highest BCUT2D eigenvalue weighted by Crippen LogP contribution is 2.25. The van der Waals surface area contributed by atoms with Gasteiger partial charge in [-0.25, -0.2) is 4.98 Å². The molecule has 8 nitrogen and oxygen atoms in total. The second-order valence-electron chi connectivity index (χ2n) is 7.37. The fourth-order valence-electron chi connectivity index (χ4n) is 3.60. The van der Waals surface area contributed by atoms with Gasteiger partial charge in [0, 0.05) is 30.8 Å². The highest BCUT2D eigenvalue weighted by Gasteiger charge is 2.18. The molecule has 0 radical (unpaired) electrons. The van der Waals surface area contributed by atoms with Crippen LogP contribution in [-0.4, -0.2) is 47.1 Å². The molecule has 1 aliphatic rings. The van der Waals surface area contributed by atoms with Crippen molar-refractivity contribution >= 4 is 23.5 Å². The maximum absolute atomic E-state index is 8.92. The molecule has 0 bridgehead atoms. The number of hydrogen-bond donors (Lipinski definition) is 1. The van der Waals surface area contributed by atoms with Crippen LogP contribution < -0.4 is 10.3 Å². The summed E-state index contributed by atoms with van der Waals surface area (Å²) in [5, 5.41) is 18.1. The van der Waals surface area contributed by atoms with Crippen LogP contribution in [0.25, 0.3) is 16.9 Å².